The molecule has 1 aliphatic heterocycles. The van der Waals surface area contributed by atoms with Gasteiger partial charge in [-0.25, -0.2) is 9.50 Å². The van der Waals surface area contributed by atoms with Gasteiger partial charge in [-0.2, -0.15) is 5.10 Å². The SMILES string of the molecule is COCC1(C)CCNc2cnc3cc(Cl)nn3c21. The summed E-state index contributed by atoms with van der Waals surface area (Å²) in [6.07, 6.45) is 2.83. The first kappa shape index (κ1) is 11.7. The first-order valence-electron chi connectivity index (χ1n) is 5.92. The van der Waals surface area contributed by atoms with Crippen LogP contribution in [0.1, 0.15) is 19.0 Å². The van der Waals surface area contributed by atoms with Crippen LogP contribution in [0.5, 0.6) is 0 Å². The van der Waals surface area contributed by atoms with Gasteiger partial charge in [-0.3, -0.25) is 0 Å². The van der Waals surface area contributed by atoms with Crippen molar-refractivity contribution in [3.63, 3.8) is 0 Å². The molecule has 96 valence electrons. The number of ether oxygens (including phenoxy) is 1. The van der Waals surface area contributed by atoms with Crippen molar-refractivity contribution in [1.82, 2.24) is 14.6 Å². The Morgan fingerprint density at radius 3 is 3.22 bits per heavy atom. The predicted molar refractivity (Wildman–Crippen MR) is 70.3 cm³/mol. The molecule has 0 fully saturated rings. The third-order valence-electron chi connectivity index (χ3n) is 3.48. The Kier molecular flexibility index (Phi) is 2.68. The highest BCUT2D eigenvalue weighted by Gasteiger charge is 2.35. The summed E-state index contributed by atoms with van der Waals surface area (Å²) in [6.45, 7) is 3.75. The van der Waals surface area contributed by atoms with Crippen molar-refractivity contribution in [3.05, 3.63) is 23.1 Å². The number of aromatic nitrogens is 3. The number of hydrogen-bond donors (Lipinski definition) is 1. The number of hydrogen-bond acceptors (Lipinski definition) is 4. The third-order valence-corrected chi connectivity index (χ3v) is 3.67. The minimum atomic E-state index is -0.0775. The van der Waals surface area contributed by atoms with E-state index >= 15 is 0 Å². The maximum atomic E-state index is 5.97. The van der Waals surface area contributed by atoms with Gasteiger partial charge in [-0.05, 0) is 6.42 Å². The molecule has 5 nitrogen and oxygen atoms in total. The van der Waals surface area contributed by atoms with Gasteiger partial charge in [0, 0.05) is 25.1 Å². The second-order valence-corrected chi connectivity index (χ2v) is 5.32. The van der Waals surface area contributed by atoms with Gasteiger partial charge < -0.3 is 10.1 Å². The lowest BCUT2D eigenvalue weighted by molar-refractivity contribution is 0.129. The van der Waals surface area contributed by atoms with Crippen molar-refractivity contribution in [2.45, 2.75) is 18.8 Å². The van der Waals surface area contributed by atoms with Crippen molar-refractivity contribution in [2.75, 3.05) is 25.6 Å². The molecule has 0 saturated carbocycles. The quantitative estimate of drug-likeness (QED) is 0.904. The van der Waals surface area contributed by atoms with Gasteiger partial charge in [0.25, 0.3) is 0 Å². The summed E-state index contributed by atoms with van der Waals surface area (Å²) < 4.78 is 7.20. The smallest absolute Gasteiger partial charge is 0.156 e. The van der Waals surface area contributed by atoms with Gasteiger partial charge >= 0.3 is 0 Å². The fraction of sp³-hybridized carbons (Fsp3) is 0.500. The second kappa shape index (κ2) is 4.10. The number of nitrogens with one attached hydrogen (secondary N) is 1. The van der Waals surface area contributed by atoms with Crippen LogP contribution in [-0.2, 0) is 10.2 Å². The van der Waals surface area contributed by atoms with E-state index in [1.54, 1.807) is 13.2 Å². The predicted octanol–water partition coefficient (Wildman–Crippen LogP) is 2.10. The lowest BCUT2D eigenvalue weighted by atomic mass is 9.81. The zero-order chi connectivity index (χ0) is 12.8. The first-order valence-corrected chi connectivity index (χ1v) is 6.29. The molecule has 2 aromatic heterocycles. The molecule has 3 rings (SSSR count). The summed E-state index contributed by atoms with van der Waals surface area (Å²) in [6, 6.07) is 1.77. The summed E-state index contributed by atoms with van der Waals surface area (Å²) in [7, 11) is 1.72. The van der Waals surface area contributed by atoms with E-state index in [0.29, 0.717) is 11.8 Å². The lowest BCUT2D eigenvalue weighted by Gasteiger charge is -2.35. The summed E-state index contributed by atoms with van der Waals surface area (Å²) in [4.78, 5) is 4.35. The van der Waals surface area contributed by atoms with Crippen LogP contribution in [0.4, 0.5) is 5.69 Å². The van der Waals surface area contributed by atoms with Crippen molar-refractivity contribution in [1.29, 1.82) is 0 Å². The third kappa shape index (κ3) is 1.66. The molecule has 0 radical (unpaired) electrons. The number of rotatable bonds is 2. The Labute approximate surface area is 110 Å². The molecule has 3 heterocycles. The van der Waals surface area contributed by atoms with Crippen LogP contribution in [0.3, 0.4) is 0 Å². The Hall–Kier alpha value is -1.33. The molecular formula is C12H15ClN4O. The highest BCUT2D eigenvalue weighted by molar-refractivity contribution is 6.29. The maximum absolute atomic E-state index is 5.97. The summed E-state index contributed by atoms with van der Waals surface area (Å²) in [5.41, 5.74) is 2.79. The maximum Gasteiger partial charge on any atom is 0.156 e. The van der Waals surface area contributed by atoms with Gasteiger partial charge in [0.15, 0.2) is 10.8 Å². The fourth-order valence-electron chi connectivity index (χ4n) is 2.67. The van der Waals surface area contributed by atoms with E-state index in [1.165, 1.54) is 0 Å². The van der Waals surface area contributed by atoms with Gasteiger partial charge in [-0.1, -0.05) is 18.5 Å². The fourth-order valence-corrected chi connectivity index (χ4v) is 2.84. The molecule has 0 aromatic carbocycles. The van der Waals surface area contributed by atoms with E-state index in [-0.39, 0.29) is 5.41 Å². The van der Waals surface area contributed by atoms with Crippen LogP contribution in [0.15, 0.2) is 12.3 Å². The Morgan fingerprint density at radius 1 is 1.61 bits per heavy atom. The van der Waals surface area contributed by atoms with Crippen molar-refractivity contribution in [3.8, 4) is 0 Å². The molecule has 0 bridgehead atoms. The van der Waals surface area contributed by atoms with Crippen LogP contribution in [0.25, 0.3) is 5.65 Å². The number of fused-ring (bicyclic) bond motifs is 3. The number of nitrogens with zero attached hydrogens (tertiary/aromatic N) is 3. The zero-order valence-corrected chi connectivity index (χ0v) is 11.2. The van der Waals surface area contributed by atoms with E-state index < -0.39 is 0 Å². The van der Waals surface area contributed by atoms with Crippen molar-refractivity contribution in [2.24, 2.45) is 0 Å². The molecule has 0 amide bonds. The molecule has 0 saturated heterocycles. The first-order chi connectivity index (χ1) is 8.64. The minimum Gasteiger partial charge on any atom is -0.384 e. The molecule has 0 spiro atoms. The van der Waals surface area contributed by atoms with E-state index in [1.807, 2.05) is 10.7 Å². The second-order valence-electron chi connectivity index (χ2n) is 4.93. The lowest BCUT2D eigenvalue weighted by Crippen LogP contribution is -2.37. The normalized spacial score (nSPS) is 22.8. The topological polar surface area (TPSA) is 51.5 Å². The molecule has 2 aromatic rings. The monoisotopic (exact) mass is 266 g/mol. The number of halogens is 1. The molecule has 1 unspecified atom stereocenters. The minimum absolute atomic E-state index is 0.0775. The molecule has 6 heteroatoms. The molecule has 0 aliphatic carbocycles. The van der Waals surface area contributed by atoms with E-state index in [2.05, 4.69) is 22.3 Å². The molecule has 1 atom stereocenters. The number of anilines is 1. The molecule has 1 N–H and O–H groups in total. The Morgan fingerprint density at radius 2 is 2.44 bits per heavy atom. The van der Waals surface area contributed by atoms with Crippen LogP contribution < -0.4 is 5.32 Å². The summed E-state index contributed by atoms with van der Waals surface area (Å²) in [5, 5.41) is 8.14. The van der Waals surface area contributed by atoms with Gasteiger partial charge in [0.05, 0.1) is 24.2 Å². The standard InChI is InChI=1S/C12H15ClN4O/c1-12(7-18-2)3-4-14-8-6-15-10-5-9(13)16-17(10)11(8)12/h5-6,14H,3-4,7H2,1-2H3. The van der Waals surface area contributed by atoms with Gasteiger partial charge in [-0.15, -0.1) is 0 Å². The zero-order valence-electron chi connectivity index (χ0n) is 10.4. The van der Waals surface area contributed by atoms with Crippen molar-refractivity contribution >= 4 is 22.9 Å². The average molecular weight is 267 g/mol. The van der Waals surface area contributed by atoms with Gasteiger partial charge in [0.1, 0.15) is 0 Å². The van der Waals surface area contributed by atoms with Crippen LogP contribution in [-0.4, -0.2) is 34.9 Å². The van der Waals surface area contributed by atoms with Gasteiger partial charge in [0.2, 0.25) is 0 Å². The van der Waals surface area contributed by atoms with E-state index in [0.717, 1.165) is 30.0 Å². The summed E-state index contributed by atoms with van der Waals surface area (Å²) >= 11 is 5.97. The van der Waals surface area contributed by atoms with E-state index in [4.69, 9.17) is 16.3 Å². The molecule has 18 heavy (non-hydrogen) atoms. The Balaban J connectivity index is 2.27. The van der Waals surface area contributed by atoms with E-state index in [9.17, 15) is 0 Å². The average Bonchev–Trinajstić information content (AvgIpc) is 2.69. The highest BCUT2D eigenvalue weighted by Crippen LogP contribution is 2.37. The largest absolute Gasteiger partial charge is 0.384 e. The van der Waals surface area contributed by atoms with Crippen LogP contribution in [0, 0.1) is 0 Å². The summed E-state index contributed by atoms with van der Waals surface area (Å²) in [5.74, 6) is 0. The van der Waals surface area contributed by atoms with Crippen LogP contribution in [0.2, 0.25) is 5.15 Å². The van der Waals surface area contributed by atoms with Crippen molar-refractivity contribution < 1.29 is 4.74 Å². The molecule has 1 aliphatic rings. The Bertz CT molecular complexity index is 597. The molecular weight excluding hydrogens is 252 g/mol. The number of methoxy groups -OCH3 is 1. The highest BCUT2D eigenvalue weighted by atomic mass is 35.5. The van der Waals surface area contributed by atoms with Crippen LogP contribution >= 0.6 is 11.6 Å².